The fourth-order valence-corrected chi connectivity index (χ4v) is 2.52. The first kappa shape index (κ1) is 13.4. The van der Waals surface area contributed by atoms with Crippen molar-refractivity contribution < 1.29 is 4.74 Å². The first-order valence-electron chi connectivity index (χ1n) is 6.58. The summed E-state index contributed by atoms with van der Waals surface area (Å²) >= 11 is 0. The van der Waals surface area contributed by atoms with Crippen LogP contribution >= 0.6 is 0 Å². The lowest BCUT2D eigenvalue weighted by Crippen LogP contribution is -1.94. The van der Waals surface area contributed by atoms with E-state index in [2.05, 4.69) is 49.4 Å². The molecule has 98 valence electrons. The molecule has 0 atom stereocenters. The largest absolute Gasteiger partial charge is 0.496 e. The topological polar surface area (TPSA) is 9.23 Å². The van der Waals surface area contributed by atoms with Gasteiger partial charge in [0.1, 0.15) is 5.76 Å². The molecule has 1 heteroatoms. The Morgan fingerprint density at radius 2 is 1.63 bits per heavy atom. The van der Waals surface area contributed by atoms with Gasteiger partial charge in [-0.05, 0) is 48.7 Å². The van der Waals surface area contributed by atoms with Gasteiger partial charge in [0.2, 0.25) is 0 Å². The normalized spacial score (nSPS) is 12.8. The van der Waals surface area contributed by atoms with Gasteiger partial charge in [0.15, 0.2) is 0 Å². The molecule has 0 spiro atoms. The van der Waals surface area contributed by atoms with Gasteiger partial charge in [-0.15, -0.1) is 0 Å². The fraction of sp³-hybridized carbons (Fsp3) is 0.222. The minimum atomic E-state index is 0.913. The Balaban J connectivity index is 2.72. The Morgan fingerprint density at radius 1 is 0.947 bits per heavy atom. The summed E-state index contributed by atoms with van der Waals surface area (Å²) < 4.78 is 5.48. The van der Waals surface area contributed by atoms with Crippen LogP contribution in [0.5, 0.6) is 0 Å². The molecule has 2 rings (SSSR count). The first-order valence-corrected chi connectivity index (χ1v) is 6.58. The maximum absolute atomic E-state index is 5.48. The Kier molecular flexibility index (Phi) is 4.06. The highest BCUT2D eigenvalue weighted by molar-refractivity contribution is 5.98. The van der Waals surface area contributed by atoms with E-state index in [4.69, 9.17) is 4.74 Å². The molecule has 1 nitrogen and oxygen atoms in total. The summed E-state index contributed by atoms with van der Waals surface area (Å²) in [6.07, 6.45) is 4.11. The molecule has 0 fully saturated rings. The maximum atomic E-state index is 5.48. The van der Waals surface area contributed by atoms with Gasteiger partial charge in [0.25, 0.3) is 0 Å². The number of methoxy groups -OCH3 is 1. The summed E-state index contributed by atoms with van der Waals surface area (Å²) in [6, 6.07) is 12.9. The van der Waals surface area contributed by atoms with E-state index in [9.17, 15) is 0 Å². The second-order valence-electron chi connectivity index (χ2n) is 4.54. The van der Waals surface area contributed by atoms with E-state index in [1.807, 2.05) is 19.9 Å². The number of benzene rings is 2. The highest BCUT2D eigenvalue weighted by Crippen LogP contribution is 2.31. The van der Waals surface area contributed by atoms with Gasteiger partial charge in [0, 0.05) is 5.57 Å². The lowest BCUT2D eigenvalue weighted by Gasteiger charge is -2.14. The lowest BCUT2D eigenvalue weighted by molar-refractivity contribution is 0.310. The monoisotopic (exact) mass is 252 g/mol. The van der Waals surface area contributed by atoms with Crippen LogP contribution in [0.2, 0.25) is 0 Å². The Labute approximate surface area is 115 Å². The molecule has 19 heavy (non-hydrogen) atoms. The van der Waals surface area contributed by atoms with Crippen molar-refractivity contribution in [1.29, 1.82) is 0 Å². The van der Waals surface area contributed by atoms with Crippen molar-refractivity contribution in [2.75, 3.05) is 7.11 Å². The van der Waals surface area contributed by atoms with Crippen LogP contribution in [0.25, 0.3) is 16.3 Å². The van der Waals surface area contributed by atoms with Crippen molar-refractivity contribution in [2.24, 2.45) is 0 Å². The molecule has 0 aromatic heterocycles. The van der Waals surface area contributed by atoms with E-state index in [0.717, 1.165) is 11.3 Å². The van der Waals surface area contributed by atoms with E-state index in [-0.39, 0.29) is 0 Å². The molecule has 0 heterocycles. The standard InChI is InChI=1S/C18H20O/c1-5-14(18(6-2)19-4)16-12-8-10-15-13(3)9-7-11-17(15)16/h5-12H,1-4H3/b14-5-,18-6+. The molecule has 0 aliphatic rings. The number of rotatable bonds is 3. The summed E-state index contributed by atoms with van der Waals surface area (Å²) in [4.78, 5) is 0. The van der Waals surface area contributed by atoms with Gasteiger partial charge in [-0.3, -0.25) is 0 Å². The second kappa shape index (κ2) is 5.75. The zero-order valence-electron chi connectivity index (χ0n) is 12.0. The number of fused-ring (bicyclic) bond motifs is 1. The van der Waals surface area contributed by atoms with Crippen LogP contribution in [-0.4, -0.2) is 7.11 Å². The van der Waals surface area contributed by atoms with Crippen molar-refractivity contribution in [3.05, 3.63) is 65.4 Å². The van der Waals surface area contributed by atoms with Crippen molar-refractivity contribution in [1.82, 2.24) is 0 Å². The number of hydrogen-bond acceptors (Lipinski definition) is 1. The van der Waals surface area contributed by atoms with Crippen LogP contribution in [0.1, 0.15) is 25.0 Å². The maximum Gasteiger partial charge on any atom is 0.122 e. The Bertz CT molecular complexity index is 648. The van der Waals surface area contributed by atoms with Crippen LogP contribution in [0, 0.1) is 6.92 Å². The SMILES string of the molecule is C/C=C(\C(=C/C)OC)c1cccc2c(C)cccc12. The zero-order valence-corrected chi connectivity index (χ0v) is 12.0. The van der Waals surface area contributed by atoms with E-state index < -0.39 is 0 Å². The summed E-state index contributed by atoms with van der Waals surface area (Å²) in [5, 5.41) is 2.57. The van der Waals surface area contributed by atoms with E-state index in [1.54, 1.807) is 7.11 Å². The molecule has 0 amide bonds. The summed E-state index contributed by atoms with van der Waals surface area (Å²) in [5.74, 6) is 0.913. The lowest BCUT2D eigenvalue weighted by atomic mass is 9.95. The van der Waals surface area contributed by atoms with Gasteiger partial charge in [-0.25, -0.2) is 0 Å². The van der Waals surface area contributed by atoms with Gasteiger partial charge in [-0.1, -0.05) is 42.5 Å². The van der Waals surface area contributed by atoms with E-state index >= 15 is 0 Å². The summed E-state index contributed by atoms with van der Waals surface area (Å²) in [7, 11) is 1.72. The third-order valence-electron chi connectivity index (χ3n) is 3.47. The highest BCUT2D eigenvalue weighted by atomic mass is 16.5. The van der Waals surface area contributed by atoms with Gasteiger partial charge in [0.05, 0.1) is 7.11 Å². The minimum Gasteiger partial charge on any atom is -0.496 e. The summed E-state index contributed by atoms with van der Waals surface area (Å²) in [5.41, 5.74) is 3.66. The molecule has 0 N–H and O–H groups in total. The third-order valence-corrected chi connectivity index (χ3v) is 3.47. The first-order chi connectivity index (χ1) is 9.22. The fourth-order valence-electron chi connectivity index (χ4n) is 2.52. The number of hydrogen-bond donors (Lipinski definition) is 0. The Hall–Kier alpha value is -2.02. The molecule has 0 bridgehead atoms. The van der Waals surface area contributed by atoms with Crippen LogP contribution in [-0.2, 0) is 4.74 Å². The van der Waals surface area contributed by atoms with Crippen LogP contribution < -0.4 is 0 Å². The average molecular weight is 252 g/mol. The molecule has 0 unspecified atom stereocenters. The van der Waals surface area contributed by atoms with Crippen molar-refractivity contribution in [3.8, 4) is 0 Å². The third kappa shape index (κ3) is 2.41. The van der Waals surface area contributed by atoms with E-state index in [1.165, 1.54) is 21.9 Å². The smallest absolute Gasteiger partial charge is 0.122 e. The molecule has 2 aromatic carbocycles. The molecule has 0 radical (unpaired) electrons. The second-order valence-corrected chi connectivity index (χ2v) is 4.54. The molecule has 0 aliphatic carbocycles. The quantitative estimate of drug-likeness (QED) is 0.545. The molecular weight excluding hydrogens is 232 g/mol. The predicted molar refractivity (Wildman–Crippen MR) is 83.1 cm³/mol. The number of aryl methyl sites for hydroxylation is 1. The minimum absolute atomic E-state index is 0.913. The van der Waals surface area contributed by atoms with Gasteiger partial charge in [-0.2, -0.15) is 0 Å². The van der Waals surface area contributed by atoms with Crippen LogP contribution in [0.3, 0.4) is 0 Å². The van der Waals surface area contributed by atoms with Gasteiger partial charge < -0.3 is 4.74 Å². The average Bonchev–Trinajstić information content (AvgIpc) is 2.45. The van der Waals surface area contributed by atoms with Gasteiger partial charge >= 0.3 is 0 Å². The molecule has 2 aromatic rings. The number of ether oxygens (including phenoxy) is 1. The molecule has 0 aliphatic heterocycles. The highest BCUT2D eigenvalue weighted by Gasteiger charge is 2.10. The number of allylic oxidation sites excluding steroid dienone is 3. The van der Waals surface area contributed by atoms with Crippen molar-refractivity contribution in [2.45, 2.75) is 20.8 Å². The van der Waals surface area contributed by atoms with E-state index in [0.29, 0.717) is 0 Å². The van der Waals surface area contributed by atoms with Crippen LogP contribution in [0.4, 0.5) is 0 Å². The summed E-state index contributed by atoms with van der Waals surface area (Å²) in [6.45, 7) is 6.19. The van der Waals surface area contributed by atoms with Crippen LogP contribution in [0.15, 0.2) is 54.3 Å². The van der Waals surface area contributed by atoms with Crippen molar-refractivity contribution in [3.63, 3.8) is 0 Å². The molecule has 0 saturated heterocycles. The Morgan fingerprint density at radius 3 is 2.26 bits per heavy atom. The van der Waals surface area contributed by atoms with Crippen molar-refractivity contribution >= 4 is 16.3 Å². The molecular formula is C18H20O. The molecule has 0 saturated carbocycles. The predicted octanol–water partition coefficient (Wildman–Crippen LogP) is 5.10. The zero-order chi connectivity index (χ0) is 13.8.